The van der Waals surface area contributed by atoms with Gasteiger partial charge in [-0.05, 0) is 29.9 Å². The van der Waals surface area contributed by atoms with Crippen LogP contribution in [0.2, 0.25) is 0 Å². The molecule has 0 amide bonds. The molecule has 1 aliphatic carbocycles. The van der Waals surface area contributed by atoms with Gasteiger partial charge in [0, 0.05) is 24.8 Å². The van der Waals surface area contributed by atoms with Gasteiger partial charge in [-0.3, -0.25) is 0 Å². The summed E-state index contributed by atoms with van der Waals surface area (Å²) in [5.74, 6) is -0.693. The largest absolute Gasteiger partial charge is 0.360 e. The van der Waals surface area contributed by atoms with Gasteiger partial charge >= 0.3 is 0 Å². The zero-order valence-electron chi connectivity index (χ0n) is 17.8. The molecule has 1 aromatic carbocycles. The fraction of sp³-hybridized carbons (Fsp3) is 0.542. The van der Waals surface area contributed by atoms with Crippen molar-refractivity contribution in [3.05, 3.63) is 48.2 Å². The van der Waals surface area contributed by atoms with E-state index in [2.05, 4.69) is 76.1 Å². The van der Waals surface area contributed by atoms with Gasteiger partial charge < -0.3 is 9.84 Å². The van der Waals surface area contributed by atoms with Crippen molar-refractivity contribution in [3.8, 4) is 0 Å². The lowest BCUT2D eigenvalue weighted by atomic mass is 9.83. The van der Waals surface area contributed by atoms with E-state index in [4.69, 9.17) is 4.74 Å². The highest BCUT2D eigenvalue weighted by molar-refractivity contribution is 5.82. The highest BCUT2D eigenvalue weighted by Gasteiger charge is 2.75. The number of nitrogens with zero attached hydrogens (tertiary/aromatic N) is 1. The highest BCUT2D eigenvalue weighted by atomic mass is 16.6. The number of pyridine rings is 1. The number of allylic oxidation sites excluding steroid dienone is 1. The van der Waals surface area contributed by atoms with Crippen LogP contribution in [0.25, 0.3) is 16.5 Å². The number of hydrogen-bond acceptors (Lipinski definition) is 2. The van der Waals surface area contributed by atoms with Gasteiger partial charge in [-0.25, -0.2) is 0 Å². The number of fused-ring (bicyclic) bond motifs is 1. The van der Waals surface area contributed by atoms with Gasteiger partial charge in [-0.2, -0.15) is 4.57 Å². The zero-order valence-corrected chi connectivity index (χ0v) is 17.8. The third kappa shape index (κ3) is 3.11. The van der Waals surface area contributed by atoms with Gasteiger partial charge in [-0.15, -0.1) is 0 Å². The Morgan fingerprint density at radius 3 is 2.48 bits per heavy atom. The minimum atomic E-state index is -1.13. The van der Waals surface area contributed by atoms with E-state index in [1.165, 1.54) is 10.9 Å². The molecule has 3 heteroatoms. The van der Waals surface area contributed by atoms with Gasteiger partial charge in [-0.1, -0.05) is 59.8 Å². The SMILES string of the molecule is C=C(C)c1cc(C(C)(C)C)c2ccccc2[n+]1C1[C@@H](C(C)CC)C1(O)OC. The number of aliphatic hydroxyl groups is 1. The molecular formula is C24H34NO2+. The van der Waals surface area contributed by atoms with Crippen LogP contribution in [0.15, 0.2) is 36.9 Å². The number of ether oxygens (including phenoxy) is 1. The normalized spacial score (nSPS) is 26.2. The van der Waals surface area contributed by atoms with Crippen LogP contribution < -0.4 is 4.57 Å². The quantitative estimate of drug-likeness (QED) is 0.594. The molecule has 1 N–H and O–H groups in total. The van der Waals surface area contributed by atoms with Crippen molar-refractivity contribution in [2.75, 3.05) is 7.11 Å². The number of aromatic nitrogens is 1. The fourth-order valence-corrected chi connectivity index (χ4v) is 4.51. The van der Waals surface area contributed by atoms with Crippen LogP contribution in [0.3, 0.4) is 0 Å². The van der Waals surface area contributed by atoms with Gasteiger partial charge in [0.15, 0.2) is 0 Å². The number of benzene rings is 1. The molecule has 1 heterocycles. The smallest absolute Gasteiger partial charge is 0.239 e. The second-order valence-electron chi connectivity index (χ2n) is 9.17. The molecule has 4 atom stereocenters. The summed E-state index contributed by atoms with van der Waals surface area (Å²) in [7, 11) is 1.61. The second kappa shape index (κ2) is 6.72. The standard InChI is InChI=1S/C24H34NO2/c1-9-16(4)21-22(24(21,26)27-8)25-19-13-11-10-12-17(19)18(23(5,6)7)14-20(25)15(2)3/h10-14,16,21-22,26H,2,9H2,1,3-8H3/q+1/t16?,21-,22?,24?/m1/s1. The molecular weight excluding hydrogens is 334 g/mol. The van der Waals surface area contributed by atoms with Gasteiger partial charge in [0.25, 0.3) is 0 Å². The zero-order chi connectivity index (χ0) is 20.1. The average molecular weight is 369 g/mol. The molecule has 146 valence electrons. The van der Waals surface area contributed by atoms with Crippen molar-refractivity contribution < 1.29 is 14.4 Å². The average Bonchev–Trinajstić information content (AvgIpc) is 3.24. The number of methoxy groups -OCH3 is 1. The molecule has 0 saturated heterocycles. The summed E-state index contributed by atoms with van der Waals surface area (Å²) in [5.41, 5.74) is 4.52. The first-order valence-electron chi connectivity index (χ1n) is 9.99. The van der Waals surface area contributed by atoms with Crippen molar-refractivity contribution >= 4 is 16.5 Å². The van der Waals surface area contributed by atoms with Crippen LogP contribution in [-0.4, -0.2) is 18.0 Å². The molecule has 3 rings (SSSR count). The van der Waals surface area contributed by atoms with E-state index < -0.39 is 5.79 Å². The Hall–Kier alpha value is -1.71. The summed E-state index contributed by atoms with van der Waals surface area (Å²) in [6.07, 6.45) is 1.01. The van der Waals surface area contributed by atoms with Gasteiger partial charge in [0.1, 0.15) is 0 Å². The Kier molecular flexibility index (Phi) is 4.98. The van der Waals surface area contributed by atoms with E-state index >= 15 is 0 Å². The molecule has 0 radical (unpaired) electrons. The maximum absolute atomic E-state index is 11.2. The number of para-hydroxylation sites is 1. The molecule has 1 aliphatic rings. The maximum atomic E-state index is 11.2. The Bertz CT molecular complexity index is 880. The molecule has 3 unspecified atom stereocenters. The van der Waals surface area contributed by atoms with Crippen LogP contribution in [0, 0.1) is 11.8 Å². The summed E-state index contributed by atoms with van der Waals surface area (Å²) in [6.45, 7) is 17.4. The molecule has 0 bridgehead atoms. The van der Waals surface area contributed by atoms with Crippen molar-refractivity contribution in [1.29, 1.82) is 0 Å². The topological polar surface area (TPSA) is 33.3 Å². The first-order chi connectivity index (χ1) is 12.6. The predicted octanol–water partition coefficient (Wildman–Crippen LogP) is 5.01. The van der Waals surface area contributed by atoms with E-state index in [-0.39, 0.29) is 17.4 Å². The molecule has 27 heavy (non-hydrogen) atoms. The highest BCUT2D eigenvalue weighted by Crippen LogP contribution is 2.57. The van der Waals surface area contributed by atoms with Crippen molar-refractivity contribution in [3.63, 3.8) is 0 Å². The van der Waals surface area contributed by atoms with Crippen LogP contribution >= 0.6 is 0 Å². The van der Waals surface area contributed by atoms with E-state index in [9.17, 15) is 5.11 Å². The van der Waals surface area contributed by atoms with Crippen molar-refractivity contribution in [2.24, 2.45) is 11.8 Å². The Morgan fingerprint density at radius 2 is 1.96 bits per heavy atom. The minimum absolute atomic E-state index is 0.0140. The maximum Gasteiger partial charge on any atom is 0.239 e. The first kappa shape index (κ1) is 20.0. The van der Waals surface area contributed by atoms with Crippen LogP contribution in [0.1, 0.15) is 65.3 Å². The van der Waals surface area contributed by atoms with Crippen LogP contribution in [0.4, 0.5) is 0 Å². The van der Waals surface area contributed by atoms with E-state index in [0.717, 1.165) is 23.2 Å². The molecule has 3 nitrogen and oxygen atoms in total. The summed E-state index contributed by atoms with van der Waals surface area (Å²) < 4.78 is 7.91. The molecule has 1 aromatic heterocycles. The Morgan fingerprint density at radius 1 is 1.33 bits per heavy atom. The number of rotatable bonds is 5. The summed E-state index contributed by atoms with van der Waals surface area (Å²) >= 11 is 0. The molecule has 2 aromatic rings. The lowest BCUT2D eigenvalue weighted by Crippen LogP contribution is -2.43. The summed E-state index contributed by atoms with van der Waals surface area (Å²) in [6, 6.07) is 10.6. The molecule has 0 spiro atoms. The lowest BCUT2D eigenvalue weighted by molar-refractivity contribution is -0.690. The van der Waals surface area contributed by atoms with E-state index in [0.29, 0.717) is 5.92 Å². The third-order valence-electron chi connectivity index (χ3n) is 6.23. The fourth-order valence-electron chi connectivity index (χ4n) is 4.51. The molecule has 1 saturated carbocycles. The monoisotopic (exact) mass is 368 g/mol. The van der Waals surface area contributed by atoms with Gasteiger partial charge in [0.05, 0.1) is 11.3 Å². The van der Waals surface area contributed by atoms with Crippen molar-refractivity contribution in [2.45, 2.75) is 65.2 Å². The Labute approximate surface area is 163 Å². The first-order valence-corrected chi connectivity index (χ1v) is 9.99. The van der Waals surface area contributed by atoms with E-state index in [1.807, 2.05) is 6.92 Å². The second-order valence-corrected chi connectivity index (χ2v) is 9.17. The van der Waals surface area contributed by atoms with Crippen molar-refractivity contribution in [1.82, 2.24) is 0 Å². The molecule has 0 aliphatic heterocycles. The van der Waals surface area contributed by atoms with E-state index in [1.54, 1.807) is 7.11 Å². The third-order valence-corrected chi connectivity index (χ3v) is 6.23. The lowest BCUT2D eigenvalue weighted by Gasteiger charge is -2.22. The summed E-state index contributed by atoms with van der Waals surface area (Å²) in [4.78, 5) is 0. The predicted molar refractivity (Wildman–Crippen MR) is 111 cm³/mol. The minimum Gasteiger partial charge on any atom is -0.360 e. The summed E-state index contributed by atoms with van der Waals surface area (Å²) in [5, 5.41) is 12.5. The van der Waals surface area contributed by atoms with Gasteiger partial charge in [0.2, 0.25) is 23.0 Å². The van der Waals surface area contributed by atoms with Crippen LogP contribution in [0.5, 0.6) is 0 Å². The molecule has 1 fully saturated rings. The van der Waals surface area contributed by atoms with Crippen LogP contribution in [-0.2, 0) is 10.2 Å². The number of hydrogen-bond donors (Lipinski definition) is 1. The Balaban J connectivity index is 2.34.